The van der Waals surface area contributed by atoms with Crippen LogP contribution in [0.15, 0.2) is 53.3 Å². The van der Waals surface area contributed by atoms with E-state index < -0.39 is 17.2 Å². The first-order chi connectivity index (χ1) is 16.0. The van der Waals surface area contributed by atoms with Crippen LogP contribution in [0.2, 0.25) is 0 Å². The number of nitrogens with zero attached hydrogens (tertiary/aromatic N) is 4. The van der Waals surface area contributed by atoms with E-state index in [0.717, 1.165) is 23.6 Å². The maximum absolute atomic E-state index is 14.3. The number of ether oxygens (including phenoxy) is 2. The summed E-state index contributed by atoms with van der Waals surface area (Å²) in [6.07, 6.45) is 0. The smallest absolute Gasteiger partial charge is 0.278 e. The number of para-hydroxylation sites is 1. The topological polar surface area (TPSA) is 76.9 Å². The van der Waals surface area contributed by atoms with E-state index in [2.05, 4.69) is 10.00 Å². The van der Waals surface area contributed by atoms with Gasteiger partial charge in [-0.15, -0.1) is 0 Å². The second kappa shape index (κ2) is 8.67. The van der Waals surface area contributed by atoms with E-state index in [1.165, 1.54) is 16.8 Å². The maximum atomic E-state index is 14.3. The average Bonchev–Trinajstić information content (AvgIpc) is 3.28. The molecule has 0 saturated carbocycles. The Morgan fingerprint density at radius 1 is 1.03 bits per heavy atom. The van der Waals surface area contributed by atoms with Crippen molar-refractivity contribution in [1.82, 2.24) is 19.6 Å². The molecule has 170 valence electrons. The van der Waals surface area contributed by atoms with Crippen molar-refractivity contribution in [3.05, 3.63) is 81.5 Å². The molecule has 33 heavy (non-hydrogen) atoms. The van der Waals surface area contributed by atoms with Gasteiger partial charge in [-0.1, -0.05) is 18.2 Å². The molecular formula is C24H23FN4O4. The summed E-state index contributed by atoms with van der Waals surface area (Å²) in [6, 6.07) is 13.3. The number of carbonyl (C=O) groups excluding carboxylic acids is 1. The number of halogens is 1. The largest absolute Gasteiger partial charge is 0.454 e. The zero-order chi connectivity index (χ0) is 22.9. The van der Waals surface area contributed by atoms with Crippen LogP contribution >= 0.6 is 0 Å². The zero-order valence-electron chi connectivity index (χ0n) is 18.2. The van der Waals surface area contributed by atoms with Crippen LogP contribution in [-0.2, 0) is 6.54 Å². The molecule has 3 aromatic rings. The molecule has 1 amide bonds. The molecule has 0 spiro atoms. The van der Waals surface area contributed by atoms with Crippen LogP contribution in [0.3, 0.4) is 0 Å². The maximum Gasteiger partial charge on any atom is 0.278 e. The molecule has 2 aromatic carbocycles. The number of piperazine rings is 1. The number of amides is 1. The predicted molar refractivity (Wildman–Crippen MR) is 118 cm³/mol. The van der Waals surface area contributed by atoms with Crippen LogP contribution in [0.1, 0.15) is 21.7 Å². The highest BCUT2D eigenvalue weighted by Gasteiger charge is 2.26. The first-order valence-electron chi connectivity index (χ1n) is 10.8. The summed E-state index contributed by atoms with van der Waals surface area (Å²) in [5.41, 5.74) is 1.08. The second-order valence-corrected chi connectivity index (χ2v) is 8.12. The number of benzene rings is 2. The highest BCUT2D eigenvalue weighted by atomic mass is 19.1. The number of fused-ring (bicyclic) bond motifs is 1. The number of aromatic nitrogens is 2. The van der Waals surface area contributed by atoms with Crippen molar-refractivity contribution in [2.75, 3.05) is 33.0 Å². The van der Waals surface area contributed by atoms with Crippen LogP contribution in [0.4, 0.5) is 4.39 Å². The fraction of sp³-hybridized carbons (Fsp3) is 0.292. The van der Waals surface area contributed by atoms with Crippen molar-refractivity contribution in [1.29, 1.82) is 0 Å². The zero-order valence-corrected chi connectivity index (χ0v) is 18.2. The van der Waals surface area contributed by atoms with E-state index in [4.69, 9.17) is 9.47 Å². The van der Waals surface area contributed by atoms with E-state index in [1.54, 1.807) is 30.0 Å². The predicted octanol–water partition coefficient (Wildman–Crippen LogP) is 2.37. The molecule has 2 aliphatic rings. The first-order valence-corrected chi connectivity index (χ1v) is 10.8. The Balaban J connectivity index is 1.29. The van der Waals surface area contributed by atoms with Gasteiger partial charge in [0, 0.05) is 44.5 Å². The molecule has 3 heterocycles. The Morgan fingerprint density at radius 3 is 2.58 bits per heavy atom. The van der Waals surface area contributed by atoms with Crippen molar-refractivity contribution >= 4 is 5.91 Å². The first kappa shape index (κ1) is 21.1. The van der Waals surface area contributed by atoms with Gasteiger partial charge >= 0.3 is 0 Å². The van der Waals surface area contributed by atoms with Crippen molar-refractivity contribution in [3.63, 3.8) is 0 Å². The summed E-state index contributed by atoms with van der Waals surface area (Å²) in [6.45, 7) is 4.88. The average molecular weight is 450 g/mol. The third-order valence-corrected chi connectivity index (χ3v) is 5.89. The summed E-state index contributed by atoms with van der Waals surface area (Å²) in [7, 11) is 0. The van der Waals surface area contributed by atoms with E-state index in [1.807, 2.05) is 18.2 Å². The van der Waals surface area contributed by atoms with Crippen LogP contribution in [0.25, 0.3) is 5.69 Å². The molecule has 0 radical (unpaired) electrons. The van der Waals surface area contributed by atoms with E-state index in [-0.39, 0.29) is 18.2 Å². The molecule has 9 heteroatoms. The molecule has 1 fully saturated rings. The SMILES string of the molecule is Cc1cc(=O)c(C(=O)N2CCN(Cc3ccc4c(c3)OCO4)CC2)nn1-c1ccccc1F. The molecule has 1 saturated heterocycles. The molecular weight excluding hydrogens is 427 g/mol. The molecule has 5 rings (SSSR count). The lowest BCUT2D eigenvalue weighted by Gasteiger charge is -2.34. The van der Waals surface area contributed by atoms with Gasteiger partial charge in [0.15, 0.2) is 17.2 Å². The van der Waals surface area contributed by atoms with Crippen molar-refractivity contribution in [2.24, 2.45) is 0 Å². The Kier molecular flexibility index (Phi) is 5.55. The minimum atomic E-state index is -0.479. The summed E-state index contributed by atoms with van der Waals surface area (Å²) >= 11 is 0. The van der Waals surface area contributed by atoms with Gasteiger partial charge in [0.2, 0.25) is 12.2 Å². The summed E-state index contributed by atoms with van der Waals surface area (Å²) in [4.78, 5) is 29.5. The van der Waals surface area contributed by atoms with Crippen molar-refractivity contribution < 1.29 is 18.7 Å². The third-order valence-electron chi connectivity index (χ3n) is 5.89. The van der Waals surface area contributed by atoms with Gasteiger partial charge < -0.3 is 14.4 Å². The summed E-state index contributed by atoms with van der Waals surface area (Å²) in [5.74, 6) is 0.582. The minimum Gasteiger partial charge on any atom is -0.454 e. The third kappa shape index (κ3) is 4.19. The van der Waals surface area contributed by atoms with Gasteiger partial charge in [-0.25, -0.2) is 9.07 Å². The van der Waals surface area contributed by atoms with E-state index >= 15 is 0 Å². The molecule has 0 unspecified atom stereocenters. The Labute approximate surface area is 189 Å². The normalized spacial score (nSPS) is 15.6. The van der Waals surface area contributed by atoms with Crippen molar-refractivity contribution in [3.8, 4) is 17.2 Å². The van der Waals surface area contributed by atoms with E-state index in [0.29, 0.717) is 31.9 Å². The summed E-state index contributed by atoms with van der Waals surface area (Å²) in [5, 5.41) is 4.23. The standard InChI is InChI=1S/C24H23FN4O4/c1-16-12-20(30)23(26-29(16)19-5-3-2-4-18(19)25)24(31)28-10-8-27(9-11-28)14-17-6-7-21-22(13-17)33-15-32-21/h2-7,12-13H,8-11,14-15H2,1H3. The van der Waals surface area contributed by atoms with Crippen molar-refractivity contribution in [2.45, 2.75) is 13.5 Å². The van der Waals surface area contributed by atoms with Gasteiger partial charge in [-0.05, 0) is 36.8 Å². The Hall–Kier alpha value is -3.72. The highest BCUT2D eigenvalue weighted by molar-refractivity contribution is 5.92. The molecule has 2 aliphatic heterocycles. The molecule has 0 aliphatic carbocycles. The van der Waals surface area contributed by atoms with E-state index in [9.17, 15) is 14.0 Å². The minimum absolute atomic E-state index is 0.192. The highest BCUT2D eigenvalue weighted by Crippen LogP contribution is 2.32. The quantitative estimate of drug-likeness (QED) is 0.608. The number of aryl methyl sites for hydroxylation is 1. The number of carbonyl (C=O) groups is 1. The Morgan fingerprint density at radius 2 is 1.79 bits per heavy atom. The number of rotatable bonds is 4. The summed E-state index contributed by atoms with van der Waals surface area (Å²) < 4.78 is 26.4. The monoisotopic (exact) mass is 450 g/mol. The number of hydrogen-bond donors (Lipinski definition) is 0. The lowest BCUT2D eigenvalue weighted by molar-refractivity contribution is 0.0619. The molecule has 0 N–H and O–H groups in total. The van der Waals surface area contributed by atoms with Crippen LogP contribution in [0.5, 0.6) is 11.5 Å². The fourth-order valence-corrected chi connectivity index (χ4v) is 4.12. The lowest BCUT2D eigenvalue weighted by Crippen LogP contribution is -2.49. The van der Waals surface area contributed by atoms with Crippen LogP contribution in [-0.4, -0.2) is 58.5 Å². The van der Waals surface area contributed by atoms with Gasteiger partial charge in [-0.2, -0.15) is 5.10 Å². The lowest BCUT2D eigenvalue weighted by atomic mass is 10.1. The number of hydrogen-bond acceptors (Lipinski definition) is 6. The second-order valence-electron chi connectivity index (χ2n) is 8.12. The van der Waals surface area contributed by atoms with Gasteiger partial charge in [-0.3, -0.25) is 14.5 Å². The Bertz CT molecular complexity index is 1270. The molecule has 1 aromatic heterocycles. The molecule has 0 bridgehead atoms. The van der Waals surface area contributed by atoms with Gasteiger partial charge in [0.25, 0.3) is 5.91 Å². The van der Waals surface area contributed by atoms with Gasteiger partial charge in [0.05, 0.1) is 0 Å². The fourth-order valence-electron chi connectivity index (χ4n) is 4.12. The van der Waals surface area contributed by atoms with Crippen LogP contribution in [0, 0.1) is 12.7 Å². The van der Waals surface area contributed by atoms with Crippen LogP contribution < -0.4 is 14.9 Å². The molecule has 8 nitrogen and oxygen atoms in total. The molecule has 0 atom stereocenters. The van der Waals surface area contributed by atoms with Gasteiger partial charge in [0.1, 0.15) is 11.5 Å².